The van der Waals surface area contributed by atoms with Crippen LogP contribution in [0.1, 0.15) is 11.3 Å². The van der Waals surface area contributed by atoms with Gasteiger partial charge in [-0.15, -0.1) is 0 Å². The van der Waals surface area contributed by atoms with E-state index in [4.69, 9.17) is 15.4 Å². The largest absolute Gasteiger partial charge is 0.467 e. The lowest BCUT2D eigenvalue weighted by atomic mass is 10.1. The van der Waals surface area contributed by atoms with Gasteiger partial charge in [-0.05, 0) is 35.9 Å². The second kappa shape index (κ2) is 5.28. The Morgan fingerprint density at radius 3 is 2.89 bits per heavy atom. The molecular formula is C14H15N3O. The van der Waals surface area contributed by atoms with E-state index in [9.17, 15) is 0 Å². The van der Waals surface area contributed by atoms with Crippen LogP contribution in [0.25, 0.3) is 0 Å². The topological polar surface area (TPSA) is 66.2 Å². The number of hydrogen-bond donors (Lipinski definition) is 1. The van der Waals surface area contributed by atoms with Crippen molar-refractivity contribution in [2.24, 2.45) is 0 Å². The zero-order valence-electron chi connectivity index (χ0n) is 10.3. The number of anilines is 2. The van der Waals surface area contributed by atoms with Gasteiger partial charge in [0.25, 0.3) is 0 Å². The van der Waals surface area contributed by atoms with Crippen LogP contribution in [0.2, 0.25) is 0 Å². The zero-order chi connectivity index (χ0) is 13.0. The third-order valence-corrected chi connectivity index (χ3v) is 2.81. The van der Waals surface area contributed by atoms with Gasteiger partial charge in [-0.1, -0.05) is 0 Å². The Morgan fingerprint density at radius 1 is 1.39 bits per heavy atom. The first kappa shape index (κ1) is 12.1. The van der Waals surface area contributed by atoms with Crippen LogP contribution in [0.15, 0.2) is 41.0 Å². The number of rotatable bonds is 4. The number of nitrogen functional groups attached to an aromatic ring is 1. The highest BCUT2D eigenvalue weighted by Gasteiger charge is 2.07. The van der Waals surface area contributed by atoms with Gasteiger partial charge < -0.3 is 15.1 Å². The van der Waals surface area contributed by atoms with Crippen LogP contribution in [-0.2, 0) is 13.0 Å². The fourth-order valence-corrected chi connectivity index (χ4v) is 1.80. The first-order valence-corrected chi connectivity index (χ1v) is 5.69. The lowest BCUT2D eigenvalue weighted by molar-refractivity contribution is 0.507. The summed E-state index contributed by atoms with van der Waals surface area (Å²) in [6, 6.07) is 11.6. The summed E-state index contributed by atoms with van der Waals surface area (Å²) in [7, 11) is 1.98. The maximum Gasteiger partial charge on any atom is 0.123 e. The van der Waals surface area contributed by atoms with Gasteiger partial charge in [0.2, 0.25) is 0 Å². The highest BCUT2D eigenvalue weighted by molar-refractivity contribution is 5.58. The Hall–Kier alpha value is -2.41. The SMILES string of the molecule is CN(Cc1ccco1)c1ccc(N)c(CC#N)c1. The van der Waals surface area contributed by atoms with Gasteiger partial charge >= 0.3 is 0 Å². The highest BCUT2D eigenvalue weighted by Crippen LogP contribution is 2.22. The first-order valence-electron chi connectivity index (χ1n) is 5.69. The van der Waals surface area contributed by atoms with E-state index in [-0.39, 0.29) is 0 Å². The van der Waals surface area contributed by atoms with Crippen molar-refractivity contribution in [2.75, 3.05) is 17.7 Å². The number of nitrogens with two attached hydrogens (primary N) is 1. The molecule has 0 aliphatic carbocycles. The van der Waals surface area contributed by atoms with Crippen molar-refractivity contribution in [1.82, 2.24) is 0 Å². The summed E-state index contributed by atoms with van der Waals surface area (Å²) in [5, 5.41) is 8.75. The molecule has 2 rings (SSSR count). The Balaban J connectivity index is 2.17. The average molecular weight is 241 g/mol. The maximum atomic E-state index is 8.75. The molecule has 0 aliphatic heterocycles. The number of furan rings is 1. The molecule has 0 bridgehead atoms. The van der Waals surface area contributed by atoms with E-state index >= 15 is 0 Å². The van der Waals surface area contributed by atoms with Gasteiger partial charge in [0.05, 0.1) is 25.3 Å². The van der Waals surface area contributed by atoms with Crippen LogP contribution in [0, 0.1) is 11.3 Å². The number of benzene rings is 1. The van der Waals surface area contributed by atoms with Crippen LogP contribution in [0.4, 0.5) is 11.4 Å². The third-order valence-electron chi connectivity index (χ3n) is 2.81. The van der Waals surface area contributed by atoms with Crippen molar-refractivity contribution in [3.8, 4) is 6.07 Å². The van der Waals surface area contributed by atoms with Gasteiger partial charge in [-0.3, -0.25) is 0 Å². The summed E-state index contributed by atoms with van der Waals surface area (Å²) in [6.07, 6.45) is 1.99. The fraction of sp³-hybridized carbons (Fsp3) is 0.214. The molecule has 0 saturated heterocycles. The van der Waals surface area contributed by atoms with Gasteiger partial charge in [0, 0.05) is 18.4 Å². The van der Waals surface area contributed by atoms with Gasteiger partial charge in [-0.2, -0.15) is 5.26 Å². The summed E-state index contributed by atoms with van der Waals surface area (Å²) in [5.41, 5.74) is 8.36. The van der Waals surface area contributed by atoms with Gasteiger partial charge in [0.1, 0.15) is 5.76 Å². The highest BCUT2D eigenvalue weighted by atomic mass is 16.3. The molecule has 0 unspecified atom stereocenters. The minimum Gasteiger partial charge on any atom is -0.467 e. The lowest BCUT2D eigenvalue weighted by Gasteiger charge is -2.19. The van der Waals surface area contributed by atoms with Gasteiger partial charge in [0.15, 0.2) is 0 Å². The maximum absolute atomic E-state index is 8.75. The minimum atomic E-state index is 0.328. The molecule has 92 valence electrons. The summed E-state index contributed by atoms with van der Waals surface area (Å²) < 4.78 is 5.31. The molecule has 2 N–H and O–H groups in total. The van der Waals surface area contributed by atoms with E-state index in [0.717, 1.165) is 17.0 Å². The summed E-state index contributed by atoms with van der Waals surface area (Å²) >= 11 is 0. The molecule has 2 aromatic rings. The van der Waals surface area contributed by atoms with Crippen molar-refractivity contribution >= 4 is 11.4 Å². The second-order valence-corrected chi connectivity index (χ2v) is 4.15. The smallest absolute Gasteiger partial charge is 0.123 e. The van der Waals surface area contributed by atoms with E-state index in [1.54, 1.807) is 6.26 Å². The monoisotopic (exact) mass is 241 g/mol. The van der Waals surface area contributed by atoms with Crippen LogP contribution < -0.4 is 10.6 Å². The summed E-state index contributed by atoms with van der Waals surface area (Å²) in [4.78, 5) is 2.05. The van der Waals surface area contributed by atoms with E-state index < -0.39 is 0 Å². The minimum absolute atomic E-state index is 0.328. The predicted molar refractivity (Wildman–Crippen MR) is 71.0 cm³/mol. The molecule has 0 radical (unpaired) electrons. The Kier molecular flexibility index (Phi) is 3.54. The van der Waals surface area contributed by atoms with E-state index in [0.29, 0.717) is 18.7 Å². The van der Waals surface area contributed by atoms with E-state index in [1.807, 2.05) is 37.4 Å². The molecular weight excluding hydrogens is 226 g/mol. The van der Waals surface area contributed by atoms with E-state index in [2.05, 4.69) is 11.0 Å². The molecule has 0 aliphatic rings. The van der Waals surface area contributed by atoms with Crippen LogP contribution in [0.5, 0.6) is 0 Å². The Bertz CT molecular complexity index is 555. The molecule has 1 aromatic heterocycles. The molecule has 0 fully saturated rings. The van der Waals surface area contributed by atoms with Crippen molar-refractivity contribution in [2.45, 2.75) is 13.0 Å². The number of nitriles is 1. The third kappa shape index (κ3) is 2.64. The Morgan fingerprint density at radius 2 is 2.22 bits per heavy atom. The summed E-state index contributed by atoms with van der Waals surface area (Å²) in [5.74, 6) is 0.899. The molecule has 0 amide bonds. The Labute approximate surface area is 106 Å². The van der Waals surface area contributed by atoms with Crippen molar-refractivity contribution in [3.63, 3.8) is 0 Å². The molecule has 0 atom stereocenters. The number of nitrogens with zero attached hydrogens (tertiary/aromatic N) is 2. The second-order valence-electron chi connectivity index (χ2n) is 4.15. The molecule has 0 saturated carbocycles. The average Bonchev–Trinajstić information content (AvgIpc) is 2.85. The molecule has 1 aromatic carbocycles. The van der Waals surface area contributed by atoms with Gasteiger partial charge in [-0.25, -0.2) is 0 Å². The molecule has 0 spiro atoms. The molecule has 1 heterocycles. The van der Waals surface area contributed by atoms with Crippen molar-refractivity contribution in [3.05, 3.63) is 47.9 Å². The zero-order valence-corrected chi connectivity index (χ0v) is 10.3. The van der Waals surface area contributed by atoms with E-state index in [1.165, 1.54) is 0 Å². The normalized spacial score (nSPS) is 10.0. The first-order chi connectivity index (χ1) is 8.70. The fourth-order valence-electron chi connectivity index (χ4n) is 1.80. The quantitative estimate of drug-likeness (QED) is 0.835. The molecule has 18 heavy (non-hydrogen) atoms. The standard InChI is InChI=1S/C14H15N3O/c1-17(10-13-3-2-8-18-13)12-4-5-14(16)11(9-12)6-7-15/h2-5,8-9H,6,10,16H2,1H3. The van der Waals surface area contributed by atoms with Crippen LogP contribution in [0.3, 0.4) is 0 Å². The summed E-state index contributed by atoms with van der Waals surface area (Å²) in [6.45, 7) is 0.683. The van der Waals surface area contributed by atoms with Crippen molar-refractivity contribution < 1.29 is 4.42 Å². The molecule has 4 nitrogen and oxygen atoms in total. The van der Waals surface area contributed by atoms with Crippen LogP contribution >= 0.6 is 0 Å². The predicted octanol–water partition coefficient (Wildman–Crippen LogP) is 2.56. The van der Waals surface area contributed by atoms with Crippen LogP contribution in [-0.4, -0.2) is 7.05 Å². The number of hydrogen-bond acceptors (Lipinski definition) is 4. The lowest BCUT2D eigenvalue weighted by Crippen LogP contribution is -2.16. The molecule has 4 heteroatoms. The van der Waals surface area contributed by atoms with Crippen molar-refractivity contribution in [1.29, 1.82) is 5.26 Å².